The van der Waals surface area contributed by atoms with Gasteiger partial charge >= 0.3 is 0 Å². The van der Waals surface area contributed by atoms with Crippen molar-refractivity contribution in [1.29, 1.82) is 0 Å². The minimum Gasteiger partial charge on any atom is -0.329 e. The topological polar surface area (TPSA) is 0 Å². The summed E-state index contributed by atoms with van der Waals surface area (Å²) < 4.78 is 0. The van der Waals surface area contributed by atoms with E-state index in [9.17, 15) is 0 Å². The fraction of sp³-hybridized carbons (Fsp3) is 0.875. The molecule has 0 aromatic heterocycles. The summed E-state index contributed by atoms with van der Waals surface area (Å²) in [6, 6.07) is 0. The Hall–Kier alpha value is 0.714. The zero-order chi connectivity index (χ0) is 6.24. The first-order chi connectivity index (χ1) is 3.91. The number of hydrogen-bond acceptors (Lipinski definition) is 0. The summed E-state index contributed by atoms with van der Waals surface area (Å²) in [4.78, 5) is 0. The smallest absolute Gasteiger partial charge is 0 e. The minimum atomic E-state index is 0. The van der Waals surface area contributed by atoms with Crippen molar-refractivity contribution in [2.45, 2.75) is 46.0 Å². The first kappa shape index (κ1) is 12.4. The second-order valence-corrected chi connectivity index (χ2v) is 2.19. The van der Waals surface area contributed by atoms with Crippen LogP contribution >= 0.6 is 0 Å². The van der Waals surface area contributed by atoms with E-state index in [1.54, 1.807) is 0 Å². The maximum absolute atomic E-state index is 2.36. The van der Waals surface area contributed by atoms with E-state index in [1.807, 2.05) is 0 Å². The monoisotopic (exact) mass is 161 g/mol. The van der Waals surface area contributed by atoms with Crippen LogP contribution in [-0.4, -0.2) is 0 Å². The Morgan fingerprint density at radius 2 is 1.78 bits per heavy atom. The molecule has 0 N–H and O–H groups in total. The van der Waals surface area contributed by atoms with Crippen LogP contribution in [0.3, 0.4) is 0 Å². The van der Waals surface area contributed by atoms with Gasteiger partial charge in [-0.05, 0) is 0 Å². The van der Waals surface area contributed by atoms with Crippen LogP contribution in [0.5, 0.6) is 0 Å². The molecule has 0 atom stereocenters. The van der Waals surface area contributed by atoms with Crippen molar-refractivity contribution in [3.63, 3.8) is 0 Å². The van der Waals surface area contributed by atoms with Crippen molar-refractivity contribution in [2.75, 3.05) is 0 Å². The molecule has 0 saturated heterocycles. The van der Waals surface area contributed by atoms with Crippen molar-refractivity contribution >= 4 is 0 Å². The molecular weight excluding hydrogens is 144 g/mol. The molecule has 0 aliphatic carbocycles. The van der Waals surface area contributed by atoms with Gasteiger partial charge in [0.05, 0.1) is 0 Å². The molecule has 1 heteroatoms. The summed E-state index contributed by atoms with van der Waals surface area (Å²) in [6.07, 6.45) is 9.06. The van der Waals surface area contributed by atoms with E-state index < -0.39 is 0 Å². The van der Waals surface area contributed by atoms with Gasteiger partial charge in [-0.3, -0.25) is 0 Å². The van der Waals surface area contributed by atoms with Gasteiger partial charge in [-0.2, -0.15) is 12.8 Å². The second kappa shape index (κ2) is 11.5. The summed E-state index contributed by atoms with van der Waals surface area (Å²) in [5.74, 6) is 0. The molecule has 0 aliphatic rings. The van der Waals surface area contributed by atoms with Gasteiger partial charge in [-0.15, -0.1) is 0 Å². The fourth-order valence-corrected chi connectivity index (χ4v) is 0.743. The Balaban J connectivity index is 0. The first-order valence-corrected chi connectivity index (χ1v) is 3.73. The van der Waals surface area contributed by atoms with E-state index in [1.165, 1.54) is 32.1 Å². The maximum atomic E-state index is 2.36. The van der Waals surface area contributed by atoms with Crippen LogP contribution in [0.2, 0.25) is 0 Å². The Kier molecular flexibility index (Phi) is 15.8. The van der Waals surface area contributed by atoms with E-state index in [4.69, 9.17) is 0 Å². The molecule has 0 amide bonds. The number of rotatable bonds is 5. The Morgan fingerprint density at radius 1 is 1.11 bits per heavy atom. The Morgan fingerprint density at radius 3 is 2.22 bits per heavy atom. The molecule has 0 rings (SSSR count). The van der Waals surface area contributed by atoms with Crippen LogP contribution in [0.4, 0.5) is 0 Å². The summed E-state index contributed by atoms with van der Waals surface area (Å²) in [5.41, 5.74) is 0. The average Bonchev–Trinajstić information content (AvgIpc) is 1.81. The molecule has 0 radical (unpaired) electrons. The van der Waals surface area contributed by atoms with E-state index in [2.05, 4.69) is 20.3 Å². The predicted octanol–water partition coefficient (Wildman–Crippen LogP) is 3.18. The fourth-order valence-electron chi connectivity index (χ4n) is 0.743. The van der Waals surface area contributed by atoms with E-state index in [-0.39, 0.29) is 21.7 Å². The third-order valence-electron chi connectivity index (χ3n) is 1.30. The molecule has 0 unspecified atom stereocenters. The average molecular weight is 161 g/mol. The van der Waals surface area contributed by atoms with Crippen LogP contribution in [0.15, 0.2) is 0 Å². The van der Waals surface area contributed by atoms with Gasteiger partial charge < -0.3 is 6.42 Å². The molecule has 0 saturated carbocycles. The van der Waals surface area contributed by atoms with E-state index >= 15 is 0 Å². The third-order valence-corrected chi connectivity index (χ3v) is 1.30. The third kappa shape index (κ3) is 12.0. The molecule has 0 heterocycles. The molecule has 9 heavy (non-hydrogen) atoms. The van der Waals surface area contributed by atoms with Gasteiger partial charge in [-0.25, -0.2) is 0 Å². The van der Waals surface area contributed by atoms with Crippen molar-refractivity contribution in [2.24, 2.45) is 0 Å². The Labute approximate surface area is 74.3 Å². The molecule has 0 bridgehead atoms. The summed E-state index contributed by atoms with van der Waals surface area (Å²) in [5, 5.41) is 0. The zero-order valence-corrected chi connectivity index (χ0v) is 8.17. The van der Waals surface area contributed by atoms with Crippen molar-refractivity contribution in [1.82, 2.24) is 0 Å². The quantitative estimate of drug-likeness (QED) is 0.330. The van der Waals surface area contributed by atoms with E-state index in [0.29, 0.717) is 0 Å². The maximum Gasteiger partial charge on any atom is 0 e. The largest absolute Gasteiger partial charge is 0.329 e. The van der Waals surface area contributed by atoms with Crippen molar-refractivity contribution in [3.8, 4) is 0 Å². The summed E-state index contributed by atoms with van der Waals surface area (Å²) in [6.45, 7) is 4.44. The van der Waals surface area contributed by atoms with Gasteiger partial charge in [0.25, 0.3) is 0 Å². The molecule has 0 aromatic carbocycles. The first-order valence-electron chi connectivity index (χ1n) is 3.73. The van der Waals surface area contributed by atoms with Crippen LogP contribution in [-0.2, 0) is 21.7 Å². The predicted molar refractivity (Wildman–Crippen MR) is 38.7 cm³/mol. The minimum absolute atomic E-state index is 0. The number of hydrogen-bond donors (Lipinski definition) is 0. The standard InChI is InChI=1S/C8H17.Ti/c1-3-5-7-8-6-4-2;/h5H,3-4,6-8H2,1-2H3;/q-1;. The second-order valence-electron chi connectivity index (χ2n) is 2.19. The molecule has 0 fully saturated rings. The molecular formula is C8H17Ti-. The molecule has 0 spiro atoms. The zero-order valence-electron chi connectivity index (χ0n) is 6.61. The number of unbranched alkanes of at least 4 members (excludes halogenated alkanes) is 5. The van der Waals surface area contributed by atoms with E-state index in [0.717, 1.165) is 0 Å². The molecule has 0 aliphatic heterocycles. The summed E-state index contributed by atoms with van der Waals surface area (Å²) in [7, 11) is 0. The van der Waals surface area contributed by atoms with Gasteiger partial charge in [0.2, 0.25) is 0 Å². The van der Waals surface area contributed by atoms with Crippen LogP contribution < -0.4 is 0 Å². The normalized spacial score (nSPS) is 8.67. The Bertz CT molecular complexity index is 29.5. The SMILES string of the molecule is CC[CH-]CCCCC.[Ti]. The van der Waals surface area contributed by atoms with Crippen LogP contribution in [0, 0.1) is 6.42 Å². The van der Waals surface area contributed by atoms with Crippen molar-refractivity contribution in [3.05, 3.63) is 6.42 Å². The molecule has 0 nitrogen and oxygen atoms in total. The van der Waals surface area contributed by atoms with Gasteiger partial charge in [0.15, 0.2) is 0 Å². The van der Waals surface area contributed by atoms with Crippen LogP contribution in [0.25, 0.3) is 0 Å². The van der Waals surface area contributed by atoms with Crippen molar-refractivity contribution < 1.29 is 21.7 Å². The summed E-state index contributed by atoms with van der Waals surface area (Å²) >= 11 is 0. The van der Waals surface area contributed by atoms with Gasteiger partial charge in [0, 0.05) is 21.7 Å². The van der Waals surface area contributed by atoms with Crippen LogP contribution in [0.1, 0.15) is 46.0 Å². The molecule has 0 aromatic rings. The van der Waals surface area contributed by atoms with Gasteiger partial charge in [-0.1, -0.05) is 33.1 Å². The molecule has 54 valence electrons. The van der Waals surface area contributed by atoms with Gasteiger partial charge in [0.1, 0.15) is 0 Å².